The number of fused-ring (bicyclic) bond motifs is 1. The summed E-state index contributed by atoms with van der Waals surface area (Å²) in [6.07, 6.45) is 3.65. The van der Waals surface area contributed by atoms with Gasteiger partial charge in [-0.2, -0.15) is 0 Å². The summed E-state index contributed by atoms with van der Waals surface area (Å²) in [6.45, 7) is 0.496. The average molecular weight is 149 g/mol. The van der Waals surface area contributed by atoms with Crippen LogP contribution in [0, 0.1) is 0 Å². The molecule has 1 aliphatic rings. The van der Waals surface area contributed by atoms with E-state index in [0.29, 0.717) is 24.3 Å². The van der Waals surface area contributed by atoms with Gasteiger partial charge in [-0.15, -0.1) is 0 Å². The standard InChI is InChI=1S/C8H7NO2/c10-7-2-4-11-8-1-3-9-5-6(7)8/h1,3,5H,2,4H2. The molecule has 3 nitrogen and oxygen atoms in total. The van der Waals surface area contributed by atoms with Crippen LogP contribution in [-0.2, 0) is 0 Å². The first-order valence-corrected chi connectivity index (χ1v) is 3.48. The fourth-order valence-electron chi connectivity index (χ4n) is 1.11. The summed E-state index contributed by atoms with van der Waals surface area (Å²) in [4.78, 5) is 15.0. The quantitative estimate of drug-likeness (QED) is 0.553. The van der Waals surface area contributed by atoms with Gasteiger partial charge in [-0.25, -0.2) is 0 Å². The van der Waals surface area contributed by atoms with Crippen LogP contribution in [0.25, 0.3) is 0 Å². The van der Waals surface area contributed by atoms with Crippen LogP contribution < -0.4 is 4.74 Å². The highest BCUT2D eigenvalue weighted by molar-refractivity contribution is 5.99. The highest BCUT2D eigenvalue weighted by atomic mass is 16.5. The number of ether oxygens (including phenoxy) is 1. The molecule has 1 aromatic heterocycles. The summed E-state index contributed by atoms with van der Waals surface area (Å²) in [5.41, 5.74) is 0.610. The van der Waals surface area contributed by atoms with Crippen molar-refractivity contribution < 1.29 is 9.53 Å². The highest BCUT2D eigenvalue weighted by Gasteiger charge is 2.17. The lowest BCUT2D eigenvalue weighted by Crippen LogP contribution is -2.15. The Balaban J connectivity index is 2.52. The fraction of sp³-hybridized carbons (Fsp3) is 0.250. The monoisotopic (exact) mass is 149 g/mol. The zero-order valence-corrected chi connectivity index (χ0v) is 5.91. The predicted molar refractivity (Wildman–Crippen MR) is 38.7 cm³/mol. The Hall–Kier alpha value is -1.38. The number of hydrogen-bond acceptors (Lipinski definition) is 3. The van der Waals surface area contributed by atoms with Crippen molar-refractivity contribution >= 4 is 5.78 Å². The molecular formula is C8H7NO2. The normalized spacial score (nSPS) is 15.5. The second kappa shape index (κ2) is 2.34. The summed E-state index contributed by atoms with van der Waals surface area (Å²) in [7, 11) is 0. The minimum Gasteiger partial charge on any atom is -0.492 e. The molecule has 0 unspecified atom stereocenters. The molecule has 0 saturated carbocycles. The van der Waals surface area contributed by atoms with E-state index < -0.39 is 0 Å². The zero-order chi connectivity index (χ0) is 7.68. The smallest absolute Gasteiger partial charge is 0.171 e. The van der Waals surface area contributed by atoms with Gasteiger partial charge in [0.2, 0.25) is 0 Å². The number of hydrogen-bond donors (Lipinski definition) is 0. The number of Topliss-reactive ketones (excluding diaryl/α,β-unsaturated/α-hetero) is 1. The molecule has 0 bridgehead atoms. The number of aromatic nitrogens is 1. The third-order valence-electron chi connectivity index (χ3n) is 1.67. The molecular weight excluding hydrogens is 142 g/mol. The van der Waals surface area contributed by atoms with Crippen molar-refractivity contribution in [2.45, 2.75) is 6.42 Å². The van der Waals surface area contributed by atoms with E-state index in [0.717, 1.165) is 0 Å². The van der Waals surface area contributed by atoms with Gasteiger partial charge < -0.3 is 4.74 Å². The Morgan fingerprint density at radius 1 is 1.55 bits per heavy atom. The second-order valence-electron chi connectivity index (χ2n) is 2.39. The Morgan fingerprint density at radius 2 is 2.45 bits per heavy atom. The number of carbonyl (C=O) groups excluding carboxylic acids is 1. The summed E-state index contributed by atoms with van der Waals surface area (Å²) in [5, 5.41) is 0. The van der Waals surface area contributed by atoms with Gasteiger partial charge in [0.1, 0.15) is 5.75 Å². The lowest BCUT2D eigenvalue weighted by molar-refractivity contribution is 0.0933. The van der Waals surface area contributed by atoms with Gasteiger partial charge in [0.05, 0.1) is 12.2 Å². The van der Waals surface area contributed by atoms with Crippen LogP contribution in [0.3, 0.4) is 0 Å². The minimum atomic E-state index is 0.124. The molecule has 1 aliphatic heterocycles. The lowest BCUT2D eigenvalue weighted by Gasteiger charge is -2.14. The van der Waals surface area contributed by atoms with Gasteiger partial charge in [0, 0.05) is 18.8 Å². The molecule has 3 heteroatoms. The molecule has 0 atom stereocenters. The van der Waals surface area contributed by atoms with Gasteiger partial charge in [-0.3, -0.25) is 9.78 Å². The number of rotatable bonds is 0. The van der Waals surface area contributed by atoms with Crippen LogP contribution in [0.4, 0.5) is 0 Å². The van der Waals surface area contributed by atoms with Crippen molar-refractivity contribution in [3.63, 3.8) is 0 Å². The molecule has 0 spiro atoms. The van der Waals surface area contributed by atoms with Gasteiger partial charge in [0.25, 0.3) is 0 Å². The molecule has 2 rings (SSSR count). The third kappa shape index (κ3) is 0.981. The molecule has 0 aromatic carbocycles. The molecule has 0 aliphatic carbocycles. The van der Waals surface area contributed by atoms with E-state index in [4.69, 9.17) is 4.74 Å². The maximum Gasteiger partial charge on any atom is 0.171 e. The van der Waals surface area contributed by atoms with Crippen molar-refractivity contribution in [2.75, 3.05) is 6.61 Å². The van der Waals surface area contributed by atoms with E-state index in [1.165, 1.54) is 0 Å². The van der Waals surface area contributed by atoms with Crippen molar-refractivity contribution in [3.8, 4) is 5.75 Å². The topological polar surface area (TPSA) is 39.2 Å². The maximum absolute atomic E-state index is 11.2. The van der Waals surface area contributed by atoms with Gasteiger partial charge in [-0.05, 0) is 6.07 Å². The SMILES string of the molecule is O=C1CCOc2ccncc21. The summed E-state index contributed by atoms with van der Waals surface area (Å²) >= 11 is 0. The van der Waals surface area contributed by atoms with Gasteiger partial charge in [0.15, 0.2) is 5.78 Å². The van der Waals surface area contributed by atoms with E-state index >= 15 is 0 Å². The number of nitrogens with zero attached hydrogens (tertiary/aromatic N) is 1. The van der Waals surface area contributed by atoms with Crippen molar-refractivity contribution in [1.29, 1.82) is 0 Å². The Labute approximate surface area is 64.0 Å². The van der Waals surface area contributed by atoms with Crippen molar-refractivity contribution in [1.82, 2.24) is 4.98 Å². The van der Waals surface area contributed by atoms with Crippen molar-refractivity contribution in [3.05, 3.63) is 24.0 Å². The third-order valence-corrected chi connectivity index (χ3v) is 1.67. The fourth-order valence-corrected chi connectivity index (χ4v) is 1.11. The van der Waals surface area contributed by atoms with Crippen molar-refractivity contribution in [2.24, 2.45) is 0 Å². The Bertz CT molecular complexity index is 296. The first-order chi connectivity index (χ1) is 5.38. The predicted octanol–water partition coefficient (Wildman–Crippen LogP) is 1.05. The molecule has 0 N–H and O–H groups in total. The number of pyridine rings is 1. The van der Waals surface area contributed by atoms with E-state index in [2.05, 4.69) is 4.98 Å². The first-order valence-electron chi connectivity index (χ1n) is 3.48. The molecule has 1 aromatic rings. The molecule has 0 saturated heterocycles. The summed E-state index contributed by atoms with van der Waals surface area (Å²) in [6, 6.07) is 1.71. The second-order valence-corrected chi connectivity index (χ2v) is 2.39. The van der Waals surface area contributed by atoms with Crippen LogP contribution >= 0.6 is 0 Å². The summed E-state index contributed by atoms with van der Waals surface area (Å²) in [5.74, 6) is 0.788. The minimum absolute atomic E-state index is 0.124. The number of ketones is 1. The van der Waals surface area contributed by atoms with Crippen LogP contribution in [0.15, 0.2) is 18.5 Å². The summed E-state index contributed by atoms with van der Waals surface area (Å²) < 4.78 is 5.23. The molecule has 0 fully saturated rings. The van der Waals surface area contributed by atoms with Gasteiger partial charge >= 0.3 is 0 Å². The van der Waals surface area contributed by atoms with Crippen LogP contribution in [0.1, 0.15) is 16.8 Å². The number of carbonyl (C=O) groups is 1. The Kier molecular flexibility index (Phi) is 1.35. The molecule has 11 heavy (non-hydrogen) atoms. The Morgan fingerprint density at radius 3 is 3.27 bits per heavy atom. The van der Waals surface area contributed by atoms with Crippen LogP contribution in [-0.4, -0.2) is 17.4 Å². The van der Waals surface area contributed by atoms with Gasteiger partial charge in [-0.1, -0.05) is 0 Å². The van der Waals surface area contributed by atoms with E-state index in [1.54, 1.807) is 18.5 Å². The molecule has 0 radical (unpaired) electrons. The first kappa shape index (κ1) is 6.34. The maximum atomic E-state index is 11.2. The van der Waals surface area contributed by atoms with E-state index in [1.807, 2.05) is 0 Å². The van der Waals surface area contributed by atoms with E-state index in [-0.39, 0.29) is 5.78 Å². The molecule has 56 valence electrons. The van der Waals surface area contributed by atoms with Crippen LogP contribution in [0.5, 0.6) is 5.75 Å². The van der Waals surface area contributed by atoms with Crippen LogP contribution in [0.2, 0.25) is 0 Å². The molecule has 2 heterocycles. The average Bonchev–Trinajstić information content (AvgIpc) is 2.06. The largest absolute Gasteiger partial charge is 0.492 e. The highest BCUT2D eigenvalue weighted by Crippen LogP contribution is 2.22. The molecule has 0 amide bonds. The lowest BCUT2D eigenvalue weighted by atomic mass is 10.1. The zero-order valence-electron chi connectivity index (χ0n) is 5.91. The van der Waals surface area contributed by atoms with E-state index in [9.17, 15) is 4.79 Å².